The molecule has 2 aliphatic rings. The molecule has 0 unspecified atom stereocenters. The lowest BCUT2D eigenvalue weighted by Gasteiger charge is -2.40. The van der Waals surface area contributed by atoms with E-state index in [4.69, 9.17) is 11.6 Å². The second-order valence-corrected chi connectivity index (χ2v) is 7.87. The van der Waals surface area contributed by atoms with Gasteiger partial charge in [0.1, 0.15) is 5.82 Å². The summed E-state index contributed by atoms with van der Waals surface area (Å²) in [4.78, 5) is 31.0. The second kappa shape index (κ2) is 9.07. The normalized spacial score (nSPS) is 21.1. The second-order valence-electron chi connectivity index (χ2n) is 7.47. The zero-order valence-corrected chi connectivity index (χ0v) is 17.0. The average molecular weight is 412 g/mol. The predicted molar refractivity (Wildman–Crippen MR) is 107 cm³/mol. The number of nitrogens with one attached hydrogen (secondary N) is 2. The average Bonchev–Trinajstić information content (AvgIpc) is 2.70. The minimum Gasteiger partial charge on any atom is -0.338 e. The number of hydrogen-bond acceptors (Lipinski definition) is 4. The summed E-state index contributed by atoms with van der Waals surface area (Å²) in [5, 5.41) is 5.99. The monoisotopic (exact) mass is 411 g/mol. The Labute approximate surface area is 169 Å². The van der Waals surface area contributed by atoms with Crippen LogP contribution in [0.15, 0.2) is 18.2 Å². The fraction of sp³-hybridized carbons (Fsp3) is 0.579. The maximum Gasteiger partial charge on any atom is 0.321 e. The van der Waals surface area contributed by atoms with Gasteiger partial charge in [-0.25, -0.2) is 9.18 Å². The number of benzene rings is 1. The van der Waals surface area contributed by atoms with Gasteiger partial charge in [-0.15, -0.1) is 0 Å². The third-order valence-corrected chi connectivity index (χ3v) is 5.57. The minimum atomic E-state index is -0.529. The van der Waals surface area contributed by atoms with Crippen molar-refractivity contribution in [1.82, 2.24) is 20.0 Å². The lowest BCUT2D eigenvalue weighted by atomic mass is 10.1. The zero-order valence-electron chi connectivity index (χ0n) is 16.3. The number of nitrogens with zero attached hydrogens (tertiary/aromatic N) is 3. The van der Waals surface area contributed by atoms with Gasteiger partial charge in [-0.05, 0) is 32.0 Å². The first kappa shape index (κ1) is 20.8. The number of carbonyl (C=O) groups is 2. The standard InChI is InChI=1S/C19H27ClFN5O2/c1-13(2)26-6-5-22-17(12-26)18(27)24-7-9-25(10-8-24)19(28)23-14-3-4-16(21)15(20)11-14/h3-4,11,13,17,22H,5-10,12H2,1-2H3,(H,23,28)/t17-/m1/s1. The van der Waals surface area contributed by atoms with Gasteiger partial charge in [0, 0.05) is 57.5 Å². The number of carbonyl (C=O) groups excluding carboxylic acids is 2. The molecule has 0 spiro atoms. The highest BCUT2D eigenvalue weighted by molar-refractivity contribution is 6.31. The molecule has 3 rings (SSSR count). The van der Waals surface area contributed by atoms with E-state index in [1.54, 1.807) is 4.90 Å². The van der Waals surface area contributed by atoms with Crippen LogP contribution in [0.2, 0.25) is 5.02 Å². The molecular weight excluding hydrogens is 385 g/mol. The van der Waals surface area contributed by atoms with Crippen LogP contribution in [0.25, 0.3) is 0 Å². The van der Waals surface area contributed by atoms with E-state index in [2.05, 4.69) is 29.4 Å². The van der Waals surface area contributed by atoms with E-state index in [9.17, 15) is 14.0 Å². The van der Waals surface area contributed by atoms with Gasteiger partial charge in [-0.3, -0.25) is 9.69 Å². The summed E-state index contributed by atoms with van der Waals surface area (Å²) >= 11 is 5.75. The molecule has 154 valence electrons. The molecule has 1 atom stereocenters. The number of amides is 3. The highest BCUT2D eigenvalue weighted by atomic mass is 35.5. The Balaban J connectivity index is 1.50. The molecule has 0 aliphatic carbocycles. The minimum absolute atomic E-state index is 0.0383. The van der Waals surface area contributed by atoms with Gasteiger partial charge < -0.3 is 20.4 Å². The molecule has 1 aromatic carbocycles. The van der Waals surface area contributed by atoms with Crippen molar-refractivity contribution >= 4 is 29.2 Å². The molecule has 0 aromatic heterocycles. The van der Waals surface area contributed by atoms with Crippen LogP contribution in [-0.2, 0) is 4.79 Å². The zero-order chi connectivity index (χ0) is 20.3. The fourth-order valence-electron chi connectivity index (χ4n) is 3.53. The van der Waals surface area contributed by atoms with E-state index in [1.807, 2.05) is 4.90 Å². The van der Waals surface area contributed by atoms with Gasteiger partial charge in [0.2, 0.25) is 5.91 Å². The van der Waals surface area contributed by atoms with Gasteiger partial charge in [-0.1, -0.05) is 11.6 Å². The van der Waals surface area contributed by atoms with Crippen LogP contribution in [0.5, 0.6) is 0 Å². The quantitative estimate of drug-likeness (QED) is 0.796. The molecule has 1 aromatic rings. The topological polar surface area (TPSA) is 67.9 Å². The van der Waals surface area contributed by atoms with Crippen molar-refractivity contribution in [3.05, 3.63) is 29.0 Å². The number of halogens is 2. The third kappa shape index (κ3) is 4.92. The van der Waals surface area contributed by atoms with Crippen LogP contribution in [0, 0.1) is 5.82 Å². The first-order chi connectivity index (χ1) is 13.3. The number of hydrogen-bond donors (Lipinski definition) is 2. The van der Waals surface area contributed by atoms with E-state index in [0.29, 0.717) is 44.5 Å². The lowest BCUT2D eigenvalue weighted by Crippen LogP contribution is -2.61. The first-order valence-electron chi connectivity index (χ1n) is 9.62. The van der Waals surface area contributed by atoms with Crippen LogP contribution >= 0.6 is 11.6 Å². The largest absolute Gasteiger partial charge is 0.338 e. The van der Waals surface area contributed by atoms with Crippen molar-refractivity contribution in [3.63, 3.8) is 0 Å². The molecule has 9 heteroatoms. The number of anilines is 1. The maximum atomic E-state index is 13.2. The molecule has 0 radical (unpaired) electrons. The Hall–Kier alpha value is -1.90. The molecule has 2 fully saturated rings. The van der Waals surface area contributed by atoms with Crippen LogP contribution in [0.3, 0.4) is 0 Å². The Morgan fingerprint density at radius 2 is 1.86 bits per heavy atom. The summed E-state index contributed by atoms with van der Waals surface area (Å²) in [5.74, 6) is -0.435. The molecule has 3 amide bonds. The van der Waals surface area contributed by atoms with Gasteiger partial charge in [0.15, 0.2) is 0 Å². The fourth-order valence-corrected chi connectivity index (χ4v) is 3.71. The molecule has 0 bridgehead atoms. The molecule has 7 nitrogen and oxygen atoms in total. The highest BCUT2D eigenvalue weighted by Crippen LogP contribution is 2.20. The maximum absolute atomic E-state index is 13.2. The van der Waals surface area contributed by atoms with E-state index in [-0.39, 0.29) is 23.0 Å². The van der Waals surface area contributed by atoms with Crippen molar-refractivity contribution < 1.29 is 14.0 Å². The highest BCUT2D eigenvalue weighted by Gasteiger charge is 2.32. The van der Waals surface area contributed by atoms with E-state index < -0.39 is 5.82 Å². The molecule has 0 saturated carbocycles. The molecule has 2 saturated heterocycles. The van der Waals surface area contributed by atoms with Crippen LogP contribution < -0.4 is 10.6 Å². The Bertz CT molecular complexity index is 724. The predicted octanol–water partition coefficient (Wildman–Crippen LogP) is 1.84. The Kier molecular flexibility index (Phi) is 6.74. The third-order valence-electron chi connectivity index (χ3n) is 5.28. The number of rotatable bonds is 3. The Morgan fingerprint density at radius 1 is 1.18 bits per heavy atom. The summed E-state index contributed by atoms with van der Waals surface area (Å²) in [6.07, 6.45) is 0. The Morgan fingerprint density at radius 3 is 2.50 bits per heavy atom. The summed E-state index contributed by atoms with van der Waals surface area (Å²) in [7, 11) is 0. The molecule has 2 N–H and O–H groups in total. The van der Waals surface area contributed by atoms with Crippen molar-refractivity contribution in [2.45, 2.75) is 25.9 Å². The van der Waals surface area contributed by atoms with Crippen LogP contribution in [0.1, 0.15) is 13.8 Å². The van der Waals surface area contributed by atoms with Crippen molar-refractivity contribution in [3.8, 4) is 0 Å². The van der Waals surface area contributed by atoms with Crippen molar-refractivity contribution in [2.24, 2.45) is 0 Å². The van der Waals surface area contributed by atoms with E-state index in [0.717, 1.165) is 13.1 Å². The van der Waals surface area contributed by atoms with E-state index in [1.165, 1.54) is 18.2 Å². The number of piperazine rings is 2. The van der Waals surface area contributed by atoms with Crippen molar-refractivity contribution in [1.29, 1.82) is 0 Å². The molecule has 2 heterocycles. The molecule has 2 aliphatic heterocycles. The van der Waals surface area contributed by atoms with Gasteiger partial charge >= 0.3 is 6.03 Å². The smallest absolute Gasteiger partial charge is 0.321 e. The summed E-state index contributed by atoms with van der Waals surface area (Å²) in [5.41, 5.74) is 0.440. The first-order valence-corrected chi connectivity index (χ1v) is 10.00. The molecular formula is C19H27ClFN5O2. The van der Waals surface area contributed by atoms with E-state index >= 15 is 0 Å². The summed E-state index contributed by atoms with van der Waals surface area (Å²) in [6.45, 7) is 8.63. The van der Waals surface area contributed by atoms with Gasteiger partial charge in [0.05, 0.1) is 11.1 Å². The van der Waals surface area contributed by atoms with Gasteiger partial charge in [0.25, 0.3) is 0 Å². The van der Waals surface area contributed by atoms with Gasteiger partial charge in [-0.2, -0.15) is 0 Å². The summed E-state index contributed by atoms with van der Waals surface area (Å²) < 4.78 is 13.2. The number of urea groups is 1. The van der Waals surface area contributed by atoms with Crippen molar-refractivity contribution in [2.75, 3.05) is 51.1 Å². The lowest BCUT2D eigenvalue weighted by molar-refractivity contribution is -0.136. The van der Waals surface area contributed by atoms with Crippen LogP contribution in [-0.4, -0.2) is 84.5 Å². The SMILES string of the molecule is CC(C)N1CCN[C@@H](C(=O)N2CCN(C(=O)Nc3ccc(F)c(Cl)c3)CC2)C1. The molecule has 28 heavy (non-hydrogen) atoms. The summed E-state index contributed by atoms with van der Waals surface area (Å²) in [6, 6.07) is 4.00. The van der Waals surface area contributed by atoms with Crippen LogP contribution in [0.4, 0.5) is 14.9 Å².